The van der Waals surface area contributed by atoms with E-state index in [4.69, 9.17) is 4.74 Å². The molecule has 2 aromatic rings. The minimum absolute atomic E-state index is 0.136. The lowest BCUT2D eigenvalue weighted by atomic mass is 10.0. The summed E-state index contributed by atoms with van der Waals surface area (Å²) in [5, 5.41) is 2.99. The summed E-state index contributed by atoms with van der Waals surface area (Å²) in [6.07, 6.45) is 3.40. The third-order valence-corrected chi connectivity index (χ3v) is 7.57. The van der Waals surface area contributed by atoms with Gasteiger partial charge < -0.3 is 10.1 Å². The Morgan fingerprint density at radius 3 is 2.62 bits per heavy atom. The number of fused-ring (bicyclic) bond motifs is 1. The highest BCUT2D eigenvalue weighted by Crippen LogP contribution is 2.26. The summed E-state index contributed by atoms with van der Waals surface area (Å²) >= 11 is 0. The van der Waals surface area contributed by atoms with Gasteiger partial charge in [-0.1, -0.05) is 24.3 Å². The molecule has 1 fully saturated rings. The highest BCUT2D eigenvalue weighted by Gasteiger charge is 2.27. The van der Waals surface area contributed by atoms with Gasteiger partial charge in [0.25, 0.3) is 5.91 Å². The van der Waals surface area contributed by atoms with Crippen LogP contribution >= 0.6 is 0 Å². The summed E-state index contributed by atoms with van der Waals surface area (Å²) in [4.78, 5) is 12.9. The topological polar surface area (TPSA) is 75.7 Å². The molecule has 1 amide bonds. The summed E-state index contributed by atoms with van der Waals surface area (Å²) < 4.78 is 32.3. The lowest BCUT2D eigenvalue weighted by molar-refractivity contribution is 0.0730. The number of nitrogens with zero attached hydrogens (tertiary/aromatic N) is 1. The fourth-order valence-corrected chi connectivity index (χ4v) is 5.41. The lowest BCUT2D eigenvalue weighted by Crippen LogP contribution is -2.40. The molecule has 0 radical (unpaired) electrons. The molecule has 1 heterocycles. The van der Waals surface area contributed by atoms with Crippen LogP contribution in [0.15, 0.2) is 47.4 Å². The van der Waals surface area contributed by atoms with Crippen molar-refractivity contribution in [3.05, 3.63) is 64.7 Å². The van der Waals surface area contributed by atoms with Crippen molar-refractivity contribution in [2.75, 3.05) is 26.3 Å². The van der Waals surface area contributed by atoms with Gasteiger partial charge in [-0.2, -0.15) is 4.31 Å². The van der Waals surface area contributed by atoms with E-state index >= 15 is 0 Å². The number of rotatable bonds is 5. The number of nitrogens with one attached hydrogen (secondary N) is 1. The zero-order chi connectivity index (χ0) is 20.4. The first-order chi connectivity index (χ1) is 13.9. The zero-order valence-corrected chi connectivity index (χ0v) is 17.4. The molecular weight excluding hydrogens is 388 g/mol. The van der Waals surface area contributed by atoms with E-state index in [1.165, 1.54) is 34.0 Å². The average Bonchev–Trinajstić information content (AvgIpc) is 3.22. The van der Waals surface area contributed by atoms with E-state index in [9.17, 15) is 13.2 Å². The molecule has 0 aromatic heterocycles. The van der Waals surface area contributed by atoms with Gasteiger partial charge in [0.1, 0.15) is 0 Å². The van der Waals surface area contributed by atoms with Crippen molar-refractivity contribution in [1.29, 1.82) is 0 Å². The highest BCUT2D eigenvalue weighted by atomic mass is 32.2. The molecular formula is C22H26N2O4S. The largest absolute Gasteiger partial charge is 0.379 e. The van der Waals surface area contributed by atoms with E-state index in [-0.39, 0.29) is 16.8 Å². The third-order valence-electron chi connectivity index (χ3n) is 5.67. The van der Waals surface area contributed by atoms with Crippen molar-refractivity contribution in [1.82, 2.24) is 9.62 Å². The molecule has 0 spiro atoms. The maximum atomic E-state index is 12.9. The van der Waals surface area contributed by atoms with Gasteiger partial charge in [0.15, 0.2) is 0 Å². The Balaban J connectivity index is 1.50. The molecule has 4 rings (SSSR count). The molecule has 1 saturated heterocycles. The second kappa shape index (κ2) is 8.26. The molecule has 2 aromatic carbocycles. The van der Waals surface area contributed by atoms with E-state index < -0.39 is 10.0 Å². The minimum Gasteiger partial charge on any atom is -0.379 e. The van der Waals surface area contributed by atoms with Crippen LogP contribution in [0.3, 0.4) is 0 Å². The molecule has 1 aliphatic carbocycles. The van der Waals surface area contributed by atoms with Crippen molar-refractivity contribution in [3.63, 3.8) is 0 Å². The number of benzene rings is 2. The first-order valence-electron chi connectivity index (χ1n) is 10.1. The van der Waals surface area contributed by atoms with Crippen LogP contribution in [0, 0.1) is 0 Å². The average molecular weight is 415 g/mol. The summed E-state index contributed by atoms with van der Waals surface area (Å²) in [6.45, 7) is 3.38. The maximum Gasteiger partial charge on any atom is 0.251 e. The van der Waals surface area contributed by atoms with E-state index in [1.807, 2.05) is 6.92 Å². The molecule has 6 nitrogen and oxygen atoms in total. The Kier molecular flexibility index (Phi) is 5.72. The summed E-state index contributed by atoms with van der Waals surface area (Å²) in [5.74, 6) is -0.281. The number of carbonyl (C=O) groups is 1. The Bertz CT molecular complexity index is 1010. The normalized spacial score (nSPS) is 18.2. The Hall–Kier alpha value is -2.22. The van der Waals surface area contributed by atoms with Gasteiger partial charge in [-0.15, -0.1) is 0 Å². The molecule has 2 aliphatic rings. The van der Waals surface area contributed by atoms with E-state index in [0.717, 1.165) is 18.4 Å². The maximum absolute atomic E-state index is 12.9. The molecule has 1 N–H and O–H groups in total. The van der Waals surface area contributed by atoms with Gasteiger partial charge in [-0.25, -0.2) is 8.42 Å². The predicted molar refractivity (Wildman–Crippen MR) is 110 cm³/mol. The molecule has 0 bridgehead atoms. The van der Waals surface area contributed by atoms with Crippen LogP contribution in [0.4, 0.5) is 0 Å². The second-order valence-electron chi connectivity index (χ2n) is 7.62. The zero-order valence-electron chi connectivity index (χ0n) is 16.6. The van der Waals surface area contributed by atoms with Gasteiger partial charge in [0, 0.05) is 18.7 Å². The number of morpholine rings is 1. The van der Waals surface area contributed by atoms with Crippen LogP contribution in [0.5, 0.6) is 0 Å². The second-order valence-corrected chi connectivity index (χ2v) is 9.56. The van der Waals surface area contributed by atoms with Crippen LogP contribution in [-0.2, 0) is 27.6 Å². The van der Waals surface area contributed by atoms with Crippen molar-refractivity contribution >= 4 is 15.9 Å². The Labute approximate surface area is 171 Å². The van der Waals surface area contributed by atoms with Gasteiger partial charge in [0.2, 0.25) is 10.0 Å². The number of ether oxygens (including phenoxy) is 1. The summed E-state index contributed by atoms with van der Waals surface area (Å²) in [6, 6.07) is 12.5. The fourth-order valence-electron chi connectivity index (χ4n) is 3.96. The van der Waals surface area contributed by atoms with Crippen molar-refractivity contribution in [2.45, 2.75) is 37.1 Å². The van der Waals surface area contributed by atoms with E-state index in [2.05, 4.69) is 23.5 Å². The molecule has 7 heteroatoms. The van der Waals surface area contributed by atoms with Crippen molar-refractivity contribution in [3.8, 4) is 0 Å². The molecule has 154 valence electrons. The number of carbonyl (C=O) groups excluding carboxylic acids is 1. The van der Waals surface area contributed by atoms with Crippen LogP contribution in [-0.4, -0.2) is 44.9 Å². The van der Waals surface area contributed by atoms with Crippen LogP contribution < -0.4 is 5.32 Å². The monoisotopic (exact) mass is 414 g/mol. The minimum atomic E-state index is -3.63. The standard InChI is InChI=1S/C22H26N2O4S/c1-16(18-9-8-17-4-2-5-19(17)14-18)23-22(25)20-6-3-7-21(15-20)29(26,27)24-10-12-28-13-11-24/h3,6-9,14-16H,2,4-5,10-13H2,1H3,(H,23,25)/t16-/m0/s1. The number of amides is 1. The fraction of sp³-hybridized carbons (Fsp3) is 0.409. The van der Waals surface area contributed by atoms with Crippen LogP contribution in [0.1, 0.15) is 46.4 Å². The van der Waals surface area contributed by atoms with Crippen molar-refractivity contribution in [2.24, 2.45) is 0 Å². The van der Waals surface area contributed by atoms with Gasteiger partial charge in [-0.05, 0) is 61.1 Å². The van der Waals surface area contributed by atoms with Crippen molar-refractivity contribution < 1.29 is 17.9 Å². The van der Waals surface area contributed by atoms with E-state index in [1.54, 1.807) is 12.1 Å². The molecule has 29 heavy (non-hydrogen) atoms. The number of sulfonamides is 1. The number of hydrogen-bond donors (Lipinski definition) is 1. The number of hydrogen-bond acceptors (Lipinski definition) is 4. The number of aryl methyl sites for hydroxylation is 2. The third kappa shape index (κ3) is 4.22. The Morgan fingerprint density at radius 1 is 1.07 bits per heavy atom. The highest BCUT2D eigenvalue weighted by molar-refractivity contribution is 7.89. The molecule has 1 aliphatic heterocycles. The lowest BCUT2D eigenvalue weighted by Gasteiger charge is -2.26. The molecule has 1 atom stereocenters. The predicted octanol–water partition coefficient (Wildman–Crippen LogP) is 2.69. The van der Waals surface area contributed by atoms with E-state index in [0.29, 0.717) is 31.9 Å². The quantitative estimate of drug-likeness (QED) is 0.816. The van der Waals surface area contributed by atoms with Crippen LogP contribution in [0.25, 0.3) is 0 Å². The van der Waals surface area contributed by atoms with Crippen LogP contribution in [0.2, 0.25) is 0 Å². The summed E-state index contributed by atoms with van der Waals surface area (Å²) in [7, 11) is -3.63. The molecule has 0 unspecified atom stereocenters. The SMILES string of the molecule is C[C@H](NC(=O)c1cccc(S(=O)(=O)N2CCOCC2)c1)c1ccc2c(c1)CCC2. The van der Waals surface area contributed by atoms with Gasteiger partial charge >= 0.3 is 0 Å². The van der Waals surface area contributed by atoms with Gasteiger partial charge in [-0.3, -0.25) is 4.79 Å². The van der Waals surface area contributed by atoms with Gasteiger partial charge in [0.05, 0.1) is 24.2 Å². The first kappa shape index (κ1) is 20.1. The smallest absolute Gasteiger partial charge is 0.251 e. The first-order valence-corrected chi connectivity index (χ1v) is 11.5. The summed E-state index contributed by atoms with van der Waals surface area (Å²) in [5.41, 5.74) is 4.17. The Morgan fingerprint density at radius 2 is 1.83 bits per heavy atom. The molecule has 0 saturated carbocycles.